The summed E-state index contributed by atoms with van der Waals surface area (Å²) >= 11 is 0. The van der Waals surface area contributed by atoms with Gasteiger partial charge in [0.05, 0.1) is 22.4 Å². The minimum Gasteiger partial charge on any atom is -0.309 e. The van der Waals surface area contributed by atoms with E-state index in [-0.39, 0.29) is 0 Å². The molecule has 0 atom stereocenters. The second kappa shape index (κ2) is 15.7. The number of benzene rings is 10. The van der Waals surface area contributed by atoms with Crippen LogP contribution in [0.15, 0.2) is 249 Å². The van der Waals surface area contributed by atoms with Crippen LogP contribution < -0.4 is 0 Å². The second-order valence-electron chi connectivity index (χ2n) is 16.3. The minimum atomic E-state index is 0.949. The molecule has 3 heteroatoms. The van der Waals surface area contributed by atoms with Crippen molar-refractivity contribution in [3.8, 4) is 78.4 Å². The fourth-order valence-electron chi connectivity index (χ4n) is 9.68. The van der Waals surface area contributed by atoms with Crippen LogP contribution in [0.25, 0.3) is 111 Å². The lowest BCUT2D eigenvalue weighted by atomic mass is 9.89. The van der Waals surface area contributed by atoms with E-state index in [4.69, 9.17) is 5.10 Å². The molecule has 0 amide bonds. The Balaban J connectivity index is 0.956. The van der Waals surface area contributed by atoms with Gasteiger partial charge in [0, 0.05) is 33.2 Å². The molecule has 0 N–H and O–H groups in total. The molecule has 0 saturated heterocycles. The maximum Gasteiger partial charge on any atom is 0.101 e. The lowest BCUT2D eigenvalue weighted by Gasteiger charge is -2.16. The maximum atomic E-state index is 5.49. The average molecular weight is 816 g/mol. The summed E-state index contributed by atoms with van der Waals surface area (Å²) in [6.45, 7) is 0. The van der Waals surface area contributed by atoms with Crippen LogP contribution in [0.3, 0.4) is 0 Å². The van der Waals surface area contributed by atoms with Crippen LogP contribution in [0.4, 0.5) is 0 Å². The highest BCUT2D eigenvalue weighted by Gasteiger charge is 2.25. The molecular formula is C61H41N3. The topological polar surface area (TPSA) is 22.8 Å². The second-order valence-corrected chi connectivity index (χ2v) is 16.3. The molecule has 300 valence electrons. The van der Waals surface area contributed by atoms with Gasteiger partial charge in [-0.1, -0.05) is 212 Å². The van der Waals surface area contributed by atoms with Gasteiger partial charge in [-0.15, -0.1) is 0 Å². The Kier molecular flexibility index (Phi) is 9.16. The lowest BCUT2D eigenvalue weighted by Crippen LogP contribution is -2.00. The monoisotopic (exact) mass is 815 g/mol. The molecule has 12 aromatic rings. The molecule has 0 aliphatic heterocycles. The molecule has 2 aromatic heterocycles. The molecule has 0 aliphatic carbocycles. The van der Waals surface area contributed by atoms with Crippen molar-refractivity contribution in [1.82, 2.24) is 14.3 Å². The summed E-state index contributed by atoms with van der Waals surface area (Å²) in [5, 5.41) is 10.4. The Labute approximate surface area is 372 Å². The molecular weight excluding hydrogens is 775 g/mol. The van der Waals surface area contributed by atoms with Gasteiger partial charge in [0.15, 0.2) is 0 Å². The lowest BCUT2D eigenvalue weighted by molar-refractivity contribution is 0.892. The van der Waals surface area contributed by atoms with Gasteiger partial charge in [0.25, 0.3) is 0 Å². The van der Waals surface area contributed by atoms with E-state index >= 15 is 0 Å². The minimum absolute atomic E-state index is 0.949. The number of rotatable bonds is 8. The highest BCUT2D eigenvalue weighted by Crippen LogP contribution is 2.45. The Bertz CT molecular complexity index is 3580. The first-order valence-electron chi connectivity index (χ1n) is 21.9. The predicted molar refractivity (Wildman–Crippen MR) is 268 cm³/mol. The molecule has 12 rings (SSSR count). The van der Waals surface area contributed by atoms with Gasteiger partial charge < -0.3 is 4.57 Å². The van der Waals surface area contributed by atoms with E-state index in [1.54, 1.807) is 0 Å². The third-order valence-electron chi connectivity index (χ3n) is 12.6. The van der Waals surface area contributed by atoms with Crippen molar-refractivity contribution < 1.29 is 0 Å². The highest BCUT2D eigenvalue weighted by molar-refractivity contribution is 6.09. The van der Waals surface area contributed by atoms with E-state index in [0.717, 1.165) is 50.6 Å². The van der Waals surface area contributed by atoms with Gasteiger partial charge in [0.2, 0.25) is 0 Å². The van der Waals surface area contributed by atoms with E-state index in [1.807, 2.05) is 0 Å². The molecule has 10 aromatic carbocycles. The van der Waals surface area contributed by atoms with Crippen LogP contribution in [0.2, 0.25) is 0 Å². The smallest absolute Gasteiger partial charge is 0.101 e. The van der Waals surface area contributed by atoms with Gasteiger partial charge in [-0.05, 0) is 86.1 Å². The Hall–Kier alpha value is -8.53. The van der Waals surface area contributed by atoms with Gasteiger partial charge >= 0.3 is 0 Å². The predicted octanol–water partition coefficient (Wildman–Crippen LogP) is 16.1. The Morgan fingerprint density at radius 1 is 0.281 bits per heavy atom. The van der Waals surface area contributed by atoms with Crippen molar-refractivity contribution in [1.29, 1.82) is 0 Å². The van der Waals surface area contributed by atoms with Crippen molar-refractivity contribution in [2.24, 2.45) is 0 Å². The Morgan fingerprint density at radius 3 is 1.31 bits per heavy atom. The summed E-state index contributed by atoms with van der Waals surface area (Å²) in [5.41, 5.74) is 18.1. The zero-order valence-corrected chi connectivity index (χ0v) is 35.0. The zero-order valence-electron chi connectivity index (χ0n) is 35.0. The molecule has 2 heterocycles. The molecule has 0 saturated carbocycles. The third-order valence-corrected chi connectivity index (χ3v) is 12.6. The van der Waals surface area contributed by atoms with Crippen LogP contribution in [0, 0.1) is 0 Å². The molecule has 0 unspecified atom stereocenters. The van der Waals surface area contributed by atoms with E-state index in [1.165, 1.54) is 60.4 Å². The van der Waals surface area contributed by atoms with Gasteiger partial charge in [-0.25, -0.2) is 4.68 Å². The van der Waals surface area contributed by atoms with E-state index < -0.39 is 0 Å². The number of para-hydroxylation sites is 2. The standard InChI is InChI=1S/C61H41N3/c1-3-19-45(20-4-1)60-59(56-31-17-23-42-18-7-8-26-51(42)56)61(46-21-5-2-6-22-46)64(62-60)48-40-36-44(37-41-48)50-25-10-12-28-53(50)52-27-11-9-24-49(52)43-34-38-47(39-35-43)63-57-32-15-13-29-54(57)55-30-14-16-33-58(55)63/h1-41H. The summed E-state index contributed by atoms with van der Waals surface area (Å²) < 4.78 is 4.51. The van der Waals surface area contributed by atoms with Crippen molar-refractivity contribution in [3.63, 3.8) is 0 Å². The summed E-state index contributed by atoms with van der Waals surface area (Å²) in [5.74, 6) is 0. The highest BCUT2D eigenvalue weighted by atomic mass is 15.3. The van der Waals surface area contributed by atoms with Crippen LogP contribution in [-0.4, -0.2) is 14.3 Å². The largest absolute Gasteiger partial charge is 0.309 e. The summed E-state index contributed by atoms with van der Waals surface area (Å²) in [4.78, 5) is 0. The first-order valence-corrected chi connectivity index (χ1v) is 21.9. The Morgan fingerprint density at radius 2 is 0.719 bits per heavy atom. The number of aromatic nitrogens is 3. The number of nitrogens with zero attached hydrogens (tertiary/aromatic N) is 3. The van der Waals surface area contributed by atoms with E-state index in [9.17, 15) is 0 Å². The van der Waals surface area contributed by atoms with Gasteiger partial charge in [-0.2, -0.15) is 5.10 Å². The molecule has 0 fully saturated rings. The fraction of sp³-hybridized carbons (Fsp3) is 0. The first kappa shape index (κ1) is 37.2. The molecule has 64 heavy (non-hydrogen) atoms. The van der Waals surface area contributed by atoms with Gasteiger partial charge in [-0.3, -0.25) is 0 Å². The van der Waals surface area contributed by atoms with Gasteiger partial charge in [0.1, 0.15) is 5.69 Å². The van der Waals surface area contributed by atoms with Crippen molar-refractivity contribution in [2.45, 2.75) is 0 Å². The summed E-state index contributed by atoms with van der Waals surface area (Å²) in [7, 11) is 0. The third kappa shape index (κ3) is 6.33. The van der Waals surface area contributed by atoms with Crippen LogP contribution in [-0.2, 0) is 0 Å². The summed E-state index contributed by atoms with van der Waals surface area (Å²) in [6.07, 6.45) is 0. The van der Waals surface area contributed by atoms with E-state index in [2.05, 4.69) is 258 Å². The average Bonchev–Trinajstić information content (AvgIpc) is 3.94. The van der Waals surface area contributed by atoms with Crippen LogP contribution in [0.5, 0.6) is 0 Å². The first-order chi connectivity index (χ1) is 31.8. The molecule has 0 spiro atoms. The van der Waals surface area contributed by atoms with Crippen molar-refractivity contribution in [2.75, 3.05) is 0 Å². The fourth-order valence-corrected chi connectivity index (χ4v) is 9.68. The maximum absolute atomic E-state index is 5.49. The SMILES string of the molecule is c1ccc(-c2nn(-c3ccc(-c4ccccc4-c4ccccc4-c4ccc(-n5c6ccccc6c6ccccc65)cc4)cc3)c(-c3ccccc3)c2-c2cccc3ccccc23)cc1. The summed E-state index contributed by atoms with van der Waals surface area (Å²) in [6, 6.07) is 89.3. The van der Waals surface area contributed by atoms with E-state index in [0.29, 0.717) is 0 Å². The number of hydrogen-bond donors (Lipinski definition) is 0. The molecule has 0 aliphatic rings. The molecule has 3 nitrogen and oxygen atoms in total. The van der Waals surface area contributed by atoms with Crippen molar-refractivity contribution in [3.05, 3.63) is 249 Å². The molecule has 0 radical (unpaired) electrons. The number of fused-ring (bicyclic) bond motifs is 4. The normalized spacial score (nSPS) is 11.4. The van der Waals surface area contributed by atoms with Crippen LogP contribution >= 0.6 is 0 Å². The quantitative estimate of drug-likeness (QED) is 0.150. The number of hydrogen-bond acceptors (Lipinski definition) is 1. The molecule has 0 bridgehead atoms. The van der Waals surface area contributed by atoms with Crippen LogP contribution in [0.1, 0.15) is 0 Å². The van der Waals surface area contributed by atoms with Crippen molar-refractivity contribution >= 4 is 32.6 Å². The zero-order chi connectivity index (χ0) is 42.4.